The standard InChI is InChI=1S/C15H30O6/c1-2-3-4-14(15-13-21-15)20-12-11-19-10-9-18-8-7-17-6-5-16/h14-16H,2-13H2,1H3. The second-order valence-electron chi connectivity index (χ2n) is 4.98. The maximum Gasteiger partial charge on any atom is 0.107 e. The number of unbranched alkanes of at least 4 members (excludes halogenated alkanes) is 1. The first kappa shape index (κ1) is 18.8. The van der Waals surface area contributed by atoms with Gasteiger partial charge in [-0.2, -0.15) is 0 Å². The van der Waals surface area contributed by atoms with E-state index in [4.69, 9.17) is 28.8 Å². The van der Waals surface area contributed by atoms with Gasteiger partial charge in [0.2, 0.25) is 0 Å². The van der Waals surface area contributed by atoms with Gasteiger partial charge in [0.25, 0.3) is 0 Å². The lowest BCUT2D eigenvalue weighted by Gasteiger charge is -2.15. The van der Waals surface area contributed by atoms with Gasteiger partial charge in [0, 0.05) is 0 Å². The third-order valence-corrected chi connectivity index (χ3v) is 3.16. The molecule has 0 saturated carbocycles. The molecule has 2 unspecified atom stereocenters. The molecule has 1 rings (SSSR count). The highest BCUT2D eigenvalue weighted by Crippen LogP contribution is 2.21. The van der Waals surface area contributed by atoms with Gasteiger partial charge in [-0.05, 0) is 6.42 Å². The summed E-state index contributed by atoms with van der Waals surface area (Å²) in [5, 5.41) is 8.51. The predicted molar refractivity (Wildman–Crippen MR) is 78.5 cm³/mol. The quantitative estimate of drug-likeness (QED) is 0.339. The Balaban J connectivity index is 1.81. The Hall–Kier alpha value is -0.240. The summed E-state index contributed by atoms with van der Waals surface area (Å²) in [4.78, 5) is 0. The van der Waals surface area contributed by atoms with E-state index in [1.807, 2.05) is 0 Å². The van der Waals surface area contributed by atoms with E-state index in [2.05, 4.69) is 6.92 Å². The number of hydrogen-bond acceptors (Lipinski definition) is 6. The number of ether oxygens (including phenoxy) is 5. The Morgan fingerprint density at radius 2 is 1.57 bits per heavy atom. The zero-order chi connectivity index (χ0) is 15.2. The molecule has 0 bridgehead atoms. The summed E-state index contributed by atoms with van der Waals surface area (Å²) in [5.74, 6) is 0. The van der Waals surface area contributed by atoms with Gasteiger partial charge in [-0.3, -0.25) is 0 Å². The Kier molecular flexibility index (Phi) is 12.0. The van der Waals surface area contributed by atoms with Crippen molar-refractivity contribution in [3.05, 3.63) is 0 Å². The second-order valence-corrected chi connectivity index (χ2v) is 4.98. The molecule has 1 heterocycles. The average molecular weight is 306 g/mol. The number of rotatable bonds is 16. The van der Waals surface area contributed by atoms with Crippen LogP contribution in [0.4, 0.5) is 0 Å². The van der Waals surface area contributed by atoms with Gasteiger partial charge in [0.05, 0.1) is 65.6 Å². The first-order valence-electron chi connectivity index (χ1n) is 7.95. The molecule has 1 aliphatic heterocycles. The van der Waals surface area contributed by atoms with E-state index in [9.17, 15) is 0 Å². The summed E-state index contributed by atoms with van der Waals surface area (Å²) < 4.78 is 26.9. The largest absolute Gasteiger partial charge is 0.394 e. The summed E-state index contributed by atoms with van der Waals surface area (Å²) in [5.41, 5.74) is 0. The van der Waals surface area contributed by atoms with Crippen LogP contribution in [0.2, 0.25) is 0 Å². The molecule has 0 radical (unpaired) electrons. The molecular weight excluding hydrogens is 276 g/mol. The van der Waals surface area contributed by atoms with Gasteiger partial charge in [-0.25, -0.2) is 0 Å². The normalized spacial score (nSPS) is 18.9. The van der Waals surface area contributed by atoms with Gasteiger partial charge in [0.15, 0.2) is 0 Å². The van der Waals surface area contributed by atoms with Crippen LogP contribution in [-0.2, 0) is 23.7 Å². The lowest BCUT2D eigenvalue weighted by molar-refractivity contribution is -0.0284. The third kappa shape index (κ3) is 11.0. The minimum Gasteiger partial charge on any atom is -0.394 e. The lowest BCUT2D eigenvalue weighted by atomic mass is 10.1. The third-order valence-electron chi connectivity index (χ3n) is 3.16. The molecule has 1 aliphatic rings. The summed E-state index contributed by atoms with van der Waals surface area (Å²) in [6.07, 6.45) is 3.96. The molecule has 21 heavy (non-hydrogen) atoms. The van der Waals surface area contributed by atoms with Crippen molar-refractivity contribution in [2.75, 3.05) is 59.5 Å². The van der Waals surface area contributed by atoms with Gasteiger partial charge < -0.3 is 28.8 Å². The highest BCUT2D eigenvalue weighted by atomic mass is 16.6. The van der Waals surface area contributed by atoms with E-state index in [1.54, 1.807) is 0 Å². The van der Waals surface area contributed by atoms with Crippen molar-refractivity contribution >= 4 is 0 Å². The maximum absolute atomic E-state index is 8.51. The van der Waals surface area contributed by atoms with E-state index >= 15 is 0 Å². The van der Waals surface area contributed by atoms with Crippen LogP contribution >= 0.6 is 0 Å². The maximum atomic E-state index is 8.51. The predicted octanol–water partition coefficient (Wildman–Crippen LogP) is 1.00. The van der Waals surface area contributed by atoms with Crippen molar-refractivity contribution in [3.8, 4) is 0 Å². The van der Waals surface area contributed by atoms with Crippen molar-refractivity contribution < 1.29 is 28.8 Å². The van der Waals surface area contributed by atoms with E-state index in [0.717, 1.165) is 13.0 Å². The number of aliphatic hydroxyl groups excluding tert-OH is 1. The molecule has 0 amide bonds. The zero-order valence-corrected chi connectivity index (χ0v) is 13.1. The molecule has 6 heteroatoms. The Morgan fingerprint density at radius 3 is 2.10 bits per heavy atom. The van der Waals surface area contributed by atoms with E-state index < -0.39 is 0 Å². The molecule has 0 aliphatic carbocycles. The van der Waals surface area contributed by atoms with Crippen LogP contribution in [-0.4, -0.2) is 76.8 Å². The molecule has 6 nitrogen and oxygen atoms in total. The van der Waals surface area contributed by atoms with Crippen LogP contribution in [0.1, 0.15) is 26.2 Å². The van der Waals surface area contributed by atoms with Crippen LogP contribution in [0, 0.1) is 0 Å². The number of aliphatic hydroxyl groups is 1. The zero-order valence-electron chi connectivity index (χ0n) is 13.1. The van der Waals surface area contributed by atoms with E-state index in [0.29, 0.717) is 52.4 Å². The molecule has 1 fully saturated rings. The Bertz CT molecular complexity index is 222. The number of epoxide rings is 1. The Labute approximate surface area is 127 Å². The fourth-order valence-corrected chi connectivity index (χ4v) is 1.92. The molecule has 126 valence electrons. The van der Waals surface area contributed by atoms with Crippen molar-refractivity contribution in [2.45, 2.75) is 38.4 Å². The highest BCUT2D eigenvalue weighted by Gasteiger charge is 2.32. The van der Waals surface area contributed by atoms with Gasteiger partial charge >= 0.3 is 0 Å². The molecule has 0 aromatic heterocycles. The lowest BCUT2D eigenvalue weighted by Crippen LogP contribution is -2.22. The van der Waals surface area contributed by atoms with Crippen LogP contribution in [0.25, 0.3) is 0 Å². The van der Waals surface area contributed by atoms with Gasteiger partial charge in [-0.15, -0.1) is 0 Å². The summed E-state index contributed by atoms with van der Waals surface area (Å²) in [6, 6.07) is 0. The smallest absolute Gasteiger partial charge is 0.107 e. The van der Waals surface area contributed by atoms with Crippen molar-refractivity contribution in [3.63, 3.8) is 0 Å². The first-order valence-corrected chi connectivity index (χ1v) is 7.95. The minimum absolute atomic E-state index is 0.0499. The molecule has 0 aromatic carbocycles. The fraction of sp³-hybridized carbons (Fsp3) is 1.00. The molecule has 0 aromatic rings. The fourth-order valence-electron chi connectivity index (χ4n) is 1.92. The minimum atomic E-state index is 0.0499. The van der Waals surface area contributed by atoms with Gasteiger partial charge in [-0.1, -0.05) is 19.8 Å². The van der Waals surface area contributed by atoms with Crippen molar-refractivity contribution in [1.29, 1.82) is 0 Å². The summed E-state index contributed by atoms with van der Waals surface area (Å²) in [6.45, 7) is 6.76. The molecule has 0 spiro atoms. The summed E-state index contributed by atoms with van der Waals surface area (Å²) >= 11 is 0. The van der Waals surface area contributed by atoms with E-state index in [-0.39, 0.29) is 12.7 Å². The highest BCUT2D eigenvalue weighted by molar-refractivity contribution is 4.79. The number of hydrogen-bond donors (Lipinski definition) is 1. The molecule has 1 N–H and O–H groups in total. The monoisotopic (exact) mass is 306 g/mol. The molecular formula is C15H30O6. The topological polar surface area (TPSA) is 69.7 Å². The Morgan fingerprint density at radius 1 is 1.00 bits per heavy atom. The second kappa shape index (κ2) is 13.4. The van der Waals surface area contributed by atoms with Gasteiger partial charge in [0.1, 0.15) is 6.10 Å². The molecule has 1 saturated heterocycles. The first-order chi connectivity index (χ1) is 10.4. The SMILES string of the molecule is CCCCC(OCCOCCOCCOCCO)C1CO1. The van der Waals surface area contributed by atoms with Crippen molar-refractivity contribution in [1.82, 2.24) is 0 Å². The average Bonchev–Trinajstić information content (AvgIpc) is 3.32. The van der Waals surface area contributed by atoms with Crippen LogP contribution in [0.15, 0.2) is 0 Å². The van der Waals surface area contributed by atoms with Crippen LogP contribution in [0.3, 0.4) is 0 Å². The van der Waals surface area contributed by atoms with Crippen LogP contribution in [0.5, 0.6) is 0 Å². The van der Waals surface area contributed by atoms with Crippen molar-refractivity contribution in [2.24, 2.45) is 0 Å². The van der Waals surface area contributed by atoms with E-state index in [1.165, 1.54) is 12.8 Å². The summed E-state index contributed by atoms with van der Waals surface area (Å²) in [7, 11) is 0. The molecule has 2 atom stereocenters. The van der Waals surface area contributed by atoms with Crippen LogP contribution < -0.4 is 0 Å².